The van der Waals surface area contributed by atoms with Gasteiger partial charge in [-0.2, -0.15) is 13.2 Å². The Bertz CT molecular complexity index is 1240. The summed E-state index contributed by atoms with van der Waals surface area (Å²) in [5.41, 5.74) is 1.03. The maximum atomic E-state index is 12.8. The molecule has 0 aliphatic rings. The summed E-state index contributed by atoms with van der Waals surface area (Å²) in [6.45, 7) is 1.34. The number of aromatic nitrogens is 2. The smallest absolute Gasteiger partial charge is 0.433 e. The highest BCUT2D eigenvalue weighted by atomic mass is 35.5. The molecule has 0 spiro atoms. The van der Waals surface area contributed by atoms with Crippen LogP contribution in [0.2, 0.25) is 5.02 Å². The number of rotatable bonds is 3. The maximum Gasteiger partial charge on any atom is 0.433 e. The molecule has 1 amide bonds. The van der Waals surface area contributed by atoms with Crippen LogP contribution in [0.4, 0.5) is 18.9 Å². The van der Waals surface area contributed by atoms with E-state index in [0.717, 1.165) is 12.1 Å². The van der Waals surface area contributed by atoms with E-state index in [2.05, 4.69) is 15.3 Å². The van der Waals surface area contributed by atoms with Gasteiger partial charge in [-0.15, -0.1) is 0 Å². The van der Waals surface area contributed by atoms with Crippen LogP contribution in [0.25, 0.3) is 22.6 Å². The van der Waals surface area contributed by atoms with Gasteiger partial charge in [0.25, 0.3) is 5.91 Å². The second-order valence-electron chi connectivity index (χ2n) is 6.46. The molecule has 4 rings (SSSR count). The number of nitrogens with zero attached hydrogens (tertiary/aromatic N) is 2. The van der Waals surface area contributed by atoms with Crippen molar-refractivity contribution in [2.24, 2.45) is 0 Å². The quantitative estimate of drug-likeness (QED) is 0.424. The summed E-state index contributed by atoms with van der Waals surface area (Å²) in [5, 5.41) is 3.01. The number of carbonyl (C=O) groups excluding carboxylic acids is 1. The molecule has 0 fully saturated rings. The van der Waals surface area contributed by atoms with E-state index in [1.165, 1.54) is 6.92 Å². The number of hydrogen-bond donors (Lipinski definition) is 1. The van der Waals surface area contributed by atoms with Crippen molar-refractivity contribution >= 4 is 34.3 Å². The predicted octanol–water partition coefficient (Wildman–Crippen LogP) is 6.12. The lowest BCUT2D eigenvalue weighted by Gasteiger charge is -2.11. The van der Waals surface area contributed by atoms with Crippen LogP contribution in [0.1, 0.15) is 21.7 Å². The third kappa shape index (κ3) is 3.86. The van der Waals surface area contributed by atoms with Gasteiger partial charge in [-0.3, -0.25) is 4.79 Å². The van der Waals surface area contributed by atoms with Gasteiger partial charge in [0.05, 0.1) is 21.8 Å². The second kappa shape index (κ2) is 7.46. The summed E-state index contributed by atoms with van der Waals surface area (Å²) in [4.78, 5) is 20.4. The molecule has 2 aromatic carbocycles. The number of hydrogen-bond acceptors (Lipinski definition) is 4. The Labute approximate surface area is 173 Å². The number of para-hydroxylation sites is 2. The molecule has 2 heterocycles. The SMILES string of the molecule is Cc1nc(C(F)(F)F)ccc1C(=O)Nc1ccc(Cl)c(-c2nc3ccccc3o2)c1. The number of halogens is 4. The molecule has 0 bridgehead atoms. The van der Waals surface area contributed by atoms with E-state index in [1.807, 2.05) is 12.1 Å². The third-order valence-corrected chi connectivity index (χ3v) is 4.70. The molecule has 0 saturated heterocycles. The van der Waals surface area contributed by atoms with E-state index in [4.69, 9.17) is 16.0 Å². The van der Waals surface area contributed by atoms with Gasteiger partial charge in [-0.1, -0.05) is 23.7 Å². The molecule has 30 heavy (non-hydrogen) atoms. The Morgan fingerprint density at radius 2 is 1.83 bits per heavy atom. The Morgan fingerprint density at radius 3 is 2.53 bits per heavy atom. The molecule has 2 aromatic heterocycles. The fourth-order valence-electron chi connectivity index (χ4n) is 2.91. The molecule has 0 aliphatic carbocycles. The Balaban J connectivity index is 1.63. The zero-order chi connectivity index (χ0) is 21.5. The van der Waals surface area contributed by atoms with Crippen LogP contribution in [0.15, 0.2) is 59.0 Å². The molecular weight excluding hydrogens is 419 g/mol. The number of anilines is 1. The molecule has 0 unspecified atom stereocenters. The molecular formula is C21H13ClF3N3O2. The highest BCUT2D eigenvalue weighted by Crippen LogP contribution is 2.33. The summed E-state index contributed by atoms with van der Waals surface area (Å²) in [6.07, 6.45) is -4.58. The van der Waals surface area contributed by atoms with Crippen LogP contribution in [0.3, 0.4) is 0 Å². The lowest BCUT2D eigenvalue weighted by molar-refractivity contribution is -0.141. The van der Waals surface area contributed by atoms with Crippen molar-refractivity contribution in [2.75, 3.05) is 5.32 Å². The normalized spacial score (nSPS) is 11.6. The third-order valence-electron chi connectivity index (χ3n) is 4.37. The van der Waals surface area contributed by atoms with E-state index in [1.54, 1.807) is 30.3 Å². The number of pyridine rings is 1. The highest BCUT2D eigenvalue weighted by molar-refractivity contribution is 6.33. The Morgan fingerprint density at radius 1 is 1.07 bits per heavy atom. The van der Waals surface area contributed by atoms with Crippen molar-refractivity contribution in [1.82, 2.24) is 9.97 Å². The zero-order valence-electron chi connectivity index (χ0n) is 15.4. The van der Waals surface area contributed by atoms with Gasteiger partial charge < -0.3 is 9.73 Å². The first-order chi connectivity index (χ1) is 14.2. The van der Waals surface area contributed by atoms with Crippen LogP contribution < -0.4 is 5.32 Å². The fraction of sp³-hybridized carbons (Fsp3) is 0.0952. The first-order valence-corrected chi connectivity index (χ1v) is 9.12. The number of oxazole rings is 1. The van der Waals surface area contributed by atoms with Gasteiger partial charge in [0, 0.05) is 5.69 Å². The van der Waals surface area contributed by atoms with Crippen molar-refractivity contribution in [3.8, 4) is 11.5 Å². The second-order valence-corrected chi connectivity index (χ2v) is 6.87. The first-order valence-electron chi connectivity index (χ1n) is 8.74. The zero-order valence-corrected chi connectivity index (χ0v) is 16.2. The van der Waals surface area contributed by atoms with Crippen LogP contribution in [-0.4, -0.2) is 15.9 Å². The summed E-state index contributed by atoms with van der Waals surface area (Å²) in [7, 11) is 0. The average molecular weight is 432 g/mol. The van der Waals surface area contributed by atoms with Crippen LogP contribution in [0, 0.1) is 6.92 Å². The van der Waals surface area contributed by atoms with Gasteiger partial charge in [0.15, 0.2) is 5.58 Å². The maximum absolute atomic E-state index is 12.8. The minimum Gasteiger partial charge on any atom is -0.436 e. The van der Waals surface area contributed by atoms with Gasteiger partial charge in [0.2, 0.25) is 5.89 Å². The molecule has 0 aliphatic heterocycles. The molecule has 152 valence electrons. The van der Waals surface area contributed by atoms with Crippen molar-refractivity contribution in [1.29, 1.82) is 0 Å². The number of benzene rings is 2. The van der Waals surface area contributed by atoms with Crippen LogP contribution >= 0.6 is 11.6 Å². The summed E-state index contributed by atoms with van der Waals surface area (Å²) < 4.78 is 44.1. The topological polar surface area (TPSA) is 68.0 Å². The van der Waals surface area contributed by atoms with E-state index >= 15 is 0 Å². The highest BCUT2D eigenvalue weighted by Gasteiger charge is 2.33. The largest absolute Gasteiger partial charge is 0.436 e. The average Bonchev–Trinajstić information content (AvgIpc) is 3.12. The number of fused-ring (bicyclic) bond motifs is 1. The number of carbonyl (C=O) groups is 1. The summed E-state index contributed by atoms with van der Waals surface area (Å²) >= 11 is 6.27. The van der Waals surface area contributed by atoms with Gasteiger partial charge in [-0.25, -0.2) is 9.97 Å². The minimum atomic E-state index is -4.58. The standard InChI is InChI=1S/C21H13ClF3N3O2/c1-11-13(7-9-18(26-11)21(23,24)25)19(29)27-12-6-8-15(22)14(10-12)20-28-16-4-2-3-5-17(16)30-20/h2-10H,1H3,(H,27,29). The van der Waals surface area contributed by atoms with Crippen molar-refractivity contribution in [2.45, 2.75) is 13.1 Å². The minimum absolute atomic E-state index is 0.0290. The predicted molar refractivity (Wildman–Crippen MR) is 106 cm³/mol. The fourth-order valence-corrected chi connectivity index (χ4v) is 3.11. The van der Waals surface area contributed by atoms with Crippen molar-refractivity contribution < 1.29 is 22.4 Å². The molecule has 5 nitrogen and oxygen atoms in total. The monoisotopic (exact) mass is 431 g/mol. The number of amides is 1. The molecule has 0 saturated carbocycles. The van der Waals surface area contributed by atoms with Gasteiger partial charge >= 0.3 is 6.18 Å². The van der Waals surface area contributed by atoms with Crippen LogP contribution in [0.5, 0.6) is 0 Å². The van der Waals surface area contributed by atoms with Crippen LogP contribution in [-0.2, 0) is 6.18 Å². The summed E-state index contributed by atoms with van der Waals surface area (Å²) in [5.74, 6) is -0.316. The lowest BCUT2D eigenvalue weighted by atomic mass is 10.1. The Hall–Kier alpha value is -3.39. The van der Waals surface area contributed by atoms with Gasteiger partial charge in [-0.05, 0) is 49.4 Å². The van der Waals surface area contributed by atoms with Crippen molar-refractivity contribution in [3.05, 3.63) is 76.6 Å². The molecule has 9 heteroatoms. The van der Waals surface area contributed by atoms with E-state index in [9.17, 15) is 18.0 Å². The van der Waals surface area contributed by atoms with Crippen molar-refractivity contribution in [3.63, 3.8) is 0 Å². The number of aryl methyl sites for hydroxylation is 1. The first kappa shape index (κ1) is 19.9. The van der Waals surface area contributed by atoms with E-state index < -0.39 is 17.8 Å². The number of nitrogens with one attached hydrogen (secondary N) is 1. The molecule has 0 radical (unpaired) electrons. The Kier molecular flexibility index (Phi) is 4.95. The van der Waals surface area contributed by atoms with E-state index in [-0.39, 0.29) is 17.1 Å². The molecule has 0 atom stereocenters. The molecule has 4 aromatic rings. The van der Waals surface area contributed by atoms with E-state index in [0.29, 0.717) is 27.4 Å². The molecule has 1 N–H and O–H groups in total. The van der Waals surface area contributed by atoms with Gasteiger partial charge in [0.1, 0.15) is 11.2 Å². The summed E-state index contributed by atoms with van der Waals surface area (Å²) in [6, 6.07) is 13.8. The lowest BCUT2D eigenvalue weighted by Crippen LogP contribution is -2.16. The number of alkyl halides is 3.